The molecule has 1 nitrogen and oxygen atoms in total. The zero-order valence-corrected chi connectivity index (χ0v) is 9.53. The van der Waals surface area contributed by atoms with Gasteiger partial charge in [0.05, 0.1) is 0 Å². The summed E-state index contributed by atoms with van der Waals surface area (Å²) in [6, 6.07) is 7.99. The molecule has 0 saturated carbocycles. The van der Waals surface area contributed by atoms with Gasteiger partial charge in [-0.1, -0.05) is 32.9 Å². The molecule has 0 aromatic heterocycles. The minimum Gasteiger partial charge on any atom is -0.398 e. The maximum Gasteiger partial charge on any atom is 0.0452 e. The van der Waals surface area contributed by atoms with E-state index >= 15 is 0 Å². The van der Waals surface area contributed by atoms with Crippen molar-refractivity contribution in [2.24, 2.45) is 0 Å². The molecule has 0 aliphatic rings. The van der Waals surface area contributed by atoms with Gasteiger partial charge in [0.25, 0.3) is 0 Å². The third-order valence-electron chi connectivity index (χ3n) is 1.38. The Balaban J connectivity index is 0.000000671. The first-order valence-electron chi connectivity index (χ1n) is 4.82. The van der Waals surface area contributed by atoms with E-state index < -0.39 is 0 Å². The largest absolute Gasteiger partial charge is 0.398 e. The SMILES string of the molecule is CC.CCCSc1ccccc1N. The van der Waals surface area contributed by atoms with Gasteiger partial charge in [0.15, 0.2) is 0 Å². The molecule has 1 aromatic carbocycles. The van der Waals surface area contributed by atoms with Crippen LogP contribution < -0.4 is 5.73 Å². The number of para-hydroxylation sites is 1. The van der Waals surface area contributed by atoms with Gasteiger partial charge in [-0.15, -0.1) is 11.8 Å². The Kier molecular flexibility index (Phi) is 7.60. The molecule has 0 saturated heterocycles. The van der Waals surface area contributed by atoms with Gasteiger partial charge in [-0.2, -0.15) is 0 Å². The molecule has 0 heterocycles. The molecule has 0 fully saturated rings. The Hall–Kier alpha value is -0.630. The van der Waals surface area contributed by atoms with E-state index in [9.17, 15) is 0 Å². The maximum absolute atomic E-state index is 5.74. The number of hydrogen-bond donors (Lipinski definition) is 1. The molecule has 2 N–H and O–H groups in total. The van der Waals surface area contributed by atoms with Crippen molar-refractivity contribution in [1.82, 2.24) is 0 Å². The van der Waals surface area contributed by atoms with Crippen LogP contribution in [0.2, 0.25) is 0 Å². The average molecular weight is 197 g/mol. The standard InChI is InChI=1S/C9H13NS.C2H6/c1-2-7-11-9-6-4-3-5-8(9)10;1-2/h3-6H,2,7,10H2,1H3;1-2H3. The van der Waals surface area contributed by atoms with E-state index in [0.29, 0.717) is 0 Å². The maximum atomic E-state index is 5.74. The number of rotatable bonds is 3. The summed E-state index contributed by atoms with van der Waals surface area (Å²) in [7, 11) is 0. The van der Waals surface area contributed by atoms with E-state index in [2.05, 4.69) is 13.0 Å². The summed E-state index contributed by atoms with van der Waals surface area (Å²) >= 11 is 1.82. The van der Waals surface area contributed by atoms with Gasteiger partial charge in [-0.05, 0) is 24.3 Å². The molecule has 74 valence electrons. The Morgan fingerprint density at radius 2 is 1.85 bits per heavy atom. The highest BCUT2D eigenvalue weighted by molar-refractivity contribution is 7.99. The van der Waals surface area contributed by atoms with Crippen molar-refractivity contribution in [2.45, 2.75) is 32.1 Å². The Labute approximate surface area is 85.7 Å². The molecule has 0 unspecified atom stereocenters. The second-order valence-electron chi connectivity index (χ2n) is 2.39. The summed E-state index contributed by atoms with van der Waals surface area (Å²) in [6.45, 7) is 6.17. The second-order valence-corrected chi connectivity index (χ2v) is 3.52. The number of benzene rings is 1. The number of thioether (sulfide) groups is 1. The summed E-state index contributed by atoms with van der Waals surface area (Å²) in [5, 5.41) is 0. The average Bonchev–Trinajstić information content (AvgIpc) is 2.20. The lowest BCUT2D eigenvalue weighted by atomic mass is 10.3. The van der Waals surface area contributed by atoms with E-state index in [0.717, 1.165) is 11.4 Å². The Morgan fingerprint density at radius 1 is 1.23 bits per heavy atom. The predicted octanol–water partition coefficient (Wildman–Crippen LogP) is 3.80. The van der Waals surface area contributed by atoms with Crippen LogP contribution in [0.3, 0.4) is 0 Å². The van der Waals surface area contributed by atoms with E-state index in [-0.39, 0.29) is 0 Å². The molecule has 1 aromatic rings. The summed E-state index contributed by atoms with van der Waals surface area (Å²) < 4.78 is 0. The van der Waals surface area contributed by atoms with Crippen LogP contribution >= 0.6 is 11.8 Å². The number of nitrogens with two attached hydrogens (primary N) is 1. The first-order chi connectivity index (χ1) is 6.34. The highest BCUT2D eigenvalue weighted by Crippen LogP contribution is 2.24. The summed E-state index contributed by atoms with van der Waals surface area (Å²) in [6.07, 6.45) is 1.19. The van der Waals surface area contributed by atoms with Gasteiger partial charge in [0.2, 0.25) is 0 Å². The van der Waals surface area contributed by atoms with E-state index in [1.807, 2.05) is 43.8 Å². The normalized spacial score (nSPS) is 8.85. The predicted molar refractivity (Wildman–Crippen MR) is 63.2 cm³/mol. The molecule has 1 rings (SSSR count). The monoisotopic (exact) mass is 197 g/mol. The highest BCUT2D eigenvalue weighted by Gasteiger charge is 1.95. The lowest BCUT2D eigenvalue weighted by Gasteiger charge is -2.02. The van der Waals surface area contributed by atoms with Crippen LogP contribution in [0.4, 0.5) is 5.69 Å². The number of anilines is 1. The minimum absolute atomic E-state index is 0.894. The van der Waals surface area contributed by atoms with E-state index in [1.165, 1.54) is 11.3 Å². The van der Waals surface area contributed by atoms with Crippen LogP contribution in [0, 0.1) is 0 Å². The number of nitrogen functional groups attached to an aromatic ring is 1. The molecule has 0 amide bonds. The summed E-state index contributed by atoms with van der Waals surface area (Å²) in [5.74, 6) is 1.15. The quantitative estimate of drug-likeness (QED) is 0.589. The summed E-state index contributed by atoms with van der Waals surface area (Å²) in [4.78, 5) is 1.20. The Bertz CT molecular complexity index is 223. The van der Waals surface area contributed by atoms with Gasteiger partial charge in [-0.25, -0.2) is 0 Å². The zero-order chi connectivity index (χ0) is 10.1. The molecule has 0 spiro atoms. The van der Waals surface area contributed by atoms with Gasteiger partial charge < -0.3 is 5.73 Å². The van der Waals surface area contributed by atoms with E-state index in [4.69, 9.17) is 5.73 Å². The fourth-order valence-electron chi connectivity index (χ4n) is 0.824. The van der Waals surface area contributed by atoms with Gasteiger partial charge in [0, 0.05) is 10.6 Å². The first-order valence-corrected chi connectivity index (χ1v) is 5.80. The minimum atomic E-state index is 0.894. The van der Waals surface area contributed by atoms with Crippen LogP contribution in [-0.4, -0.2) is 5.75 Å². The smallest absolute Gasteiger partial charge is 0.0452 e. The lowest BCUT2D eigenvalue weighted by Crippen LogP contribution is -1.87. The molecule has 0 atom stereocenters. The Morgan fingerprint density at radius 3 is 2.38 bits per heavy atom. The van der Waals surface area contributed by atoms with Gasteiger partial charge >= 0.3 is 0 Å². The van der Waals surface area contributed by atoms with Crippen molar-refractivity contribution in [3.8, 4) is 0 Å². The number of hydrogen-bond acceptors (Lipinski definition) is 2. The molecule has 2 heteroatoms. The fourth-order valence-corrected chi connectivity index (χ4v) is 1.66. The van der Waals surface area contributed by atoms with Crippen LogP contribution in [0.1, 0.15) is 27.2 Å². The first kappa shape index (κ1) is 12.4. The molecule has 0 aliphatic carbocycles. The fraction of sp³-hybridized carbons (Fsp3) is 0.455. The molecule has 0 bridgehead atoms. The van der Waals surface area contributed by atoms with Crippen LogP contribution in [-0.2, 0) is 0 Å². The lowest BCUT2D eigenvalue weighted by molar-refractivity contribution is 1.10. The molecule has 0 aliphatic heterocycles. The topological polar surface area (TPSA) is 26.0 Å². The van der Waals surface area contributed by atoms with Gasteiger partial charge in [0.1, 0.15) is 0 Å². The second kappa shape index (κ2) is 7.99. The van der Waals surface area contributed by atoms with Crippen molar-refractivity contribution in [2.75, 3.05) is 11.5 Å². The molecule has 13 heavy (non-hydrogen) atoms. The van der Waals surface area contributed by atoms with Crippen molar-refractivity contribution in [3.63, 3.8) is 0 Å². The van der Waals surface area contributed by atoms with Crippen molar-refractivity contribution in [1.29, 1.82) is 0 Å². The van der Waals surface area contributed by atoms with Crippen LogP contribution in [0.5, 0.6) is 0 Å². The van der Waals surface area contributed by atoms with Crippen LogP contribution in [0.25, 0.3) is 0 Å². The zero-order valence-electron chi connectivity index (χ0n) is 8.71. The van der Waals surface area contributed by atoms with Crippen molar-refractivity contribution >= 4 is 17.4 Å². The molecular formula is C11H19NS. The van der Waals surface area contributed by atoms with Crippen LogP contribution in [0.15, 0.2) is 29.2 Å². The van der Waals surface area contributed by atoms with Crippen molar-refractivity contribution in [3.05, 3.63) is 24.3 Å². The van der Waals surface area contributed by atoms with E-state index in [1.54, 1.807) is 0 Å². The van der Waals surface area contributed by atoms with Gasteiger partial charge in [-0.3, -0.25) is 0 Å². The van der Waals surface area contributed by atoms with Crippen molar-refractivity contribution < 1.29 is 0 Å². The summed E-state index contributed by atoms with van der Waals surface area (Å²) in [5.41, 5.74) is 6.63. The third-order valence-corrected chi connectivity index (χ3v) is 2.68. The third kappa shape index (κ3) is 4.83. The molecule has 0 radical (unpaired) electrons. The molecular weight excluding hydrogens is 178 g/mol. The highest BCUT2D eigenvalue weighted by atomic mass is 32.2.